The summed E-state index contributed by atoms with van der Waals surface area (Å²) in [6.07, 6.45) is 3.96. The van der Waals surface area contributed by atoms with Crippen molar-refractivity contribution in [3.05, 3.63) is 52.3 Å². The number of benzene rings is 1. The lowest BCUT2D eigenvalue weighted by molar-refractivity contribution is -0.129. The first-order chi connectivity index (χ1) is 13.4. The van der Waals surface area contributed by atoms with E-state index in [9.17, 15) is 4.79 Å². The van der Waals surface area contributed by atoms with Crippen LogP contribution in [0.25, 0.3) is 16.9 Å². The maximum Gasteiger partial charge on any atom is 0.228 e. The second-order valence-electron chi connectivity index (χ2n) is 6.68. The molecule has 0 N–H and O–H groups in total. The van der Waals surface area contributed by atoms with Gasteiger partial charge in [0, 0.05) is 25.4 Å². The number of halogens is 2. The second-order valence-corrected chi connectivity index (χ2v) is 7.52. The highest BCUT2D eigenvalue weighted by molar-refractivity contribution is 6.36. The van der Waals surface area contributed by atoms with E-state index >= 15 is 0 Å². The number of hydrogen-bond donors (Lipinski definition) is 0. The Hall–Kier alpha value is -2.24. The maximum absolute atomic E-state index is 12.8. The zero-order valence-corrected chi connectivity index (χ0v) is 17.7. The summed E-state index contributed by atoms with van der Waals surface area (Å²) < 4.78 is 7.05. The molecule has 148 valence electrons. The largest absolute Gasteiger partial charge is 0.497 e. The number of methoxy groups -OCH3 is 1. The minimum Gasteiger partial charge on any atom is -0.497 e. The SMILES string of the molecule is CCCCN(C)C(=O)Cc1c(-c2ccc(O[11CH3])cc2)nc2c(Cl)cc(Cl)cn12. The third-order valence-electron chi connectivity index (χ3n) is 4.70. The van der Waals surface area contributed by atoms with Gasteiger partial charge >= 0.3 is 0 Å². The van der Waals surface area contributed by atoms with Gasteiger partial charge in [-0.15, -0.1) is 0 Å². The average molecular weight is 419 g/mol. The van der Waals surface area contributed by atoms with E-state index in [-0.39, 0.29) is 12.3 Å². The Balaban J connectivity index is 2.08. The lowest BCUT2D eigenvalue weighted by atomic mass is 10.1. The Bertz CT molecular complexity index is 983. The molecule has 1 aromatic carbocycles. The van der Waals surface area contributed by atoms with Crippen LogP contribution in [0.3, 0.4) is 0 Å². The van der Waals surface area contributed by atoms with Gasteiger partial charge in [-0.1, -0.05) is 36.5 Å². The number of rotatable bonds is 7. The molecule has 0 atom stereocenters. The quantitative estimate of drug-likeness (QED) is 0.534. The highest BCUT2D eigenvalue weighted by Gasteiger charge is 2.20. The van der Waals surface area contributed by atoms with Crippen LogP contribution in [0.15, 0.2) is 36.5 Å². The first-order valence-electron chi connectivity index (χ1n) is 9.19. The van der Waals surface area contributed by atoms with Crippen molar-refractivity contribution < 1.29 is 9.53 Å². The van der Waals surface area contributed by atoms with Gasteiger partial charge in [0.1, 0.15) is 5.75 Å². The normalized spacial score (nSPS) is 11.0. The first-order valence-corrected chi connectivity index (χ1v) is 9.94. The van der Waals surface area contributed by atoms with Gasteiger partial charge in [-0.25, -0.2) is 4.98 Å². The molecule has 0 fully saturated rings. The van der Waals surface area contributed by atoms with Gasteiger partial charge in [-0.05, 0) is 36.8 Å². The van der Waals surface area contributed by atoms with Crippen molar-refractivity contribution >= 4 is 34.8 Å². The summed E-state index contributed by atoms with van der Waals surface area (Å²) in [7, 11) is 3.45. The lowest BCUT2D eigenvalue weighted by Gasteiger charge is -2.17. The molecule has 2 heterocycles. The third kappa shape index (κ3) is 4.26. The van der Waals surface area contributed by atoms with Gasteiger partial charge in [0.05, 0.1) is 35.0 Å². The molecule has 7 heteroatoms. The van der Waals surface area contributed by atoms with Crippen LogP contribution in [-0.4, -0.2) is 40.9 Å². The van der Waals surface area contributed by atoms with Crippen molar-refractivity contribution in [1.29, 1.82) is 0 Å². The Morgan fingerprint density at radius 1 is 1.25 bits per heavy atom. The fourth-order valence-electron chi connectivity index (χ4n) is 3.07. The van der Waals surface area contributed by atoms with Gasteiger partial charge in [0.25, 0.3) is 0 Å². The molecule has 0 saturated heterocycles. The molecule has 5 nitrogen and oxygen atoms in total. The number of aromatic nitrogens is 2. The Kier molecular flexibility index (Phi) is 6.47. The molecule has 0 saturated carbocycles. The van der Waals surface area contributed by atoms with Crippen LogP contribution in [-0.2, 0) is 11.2 Å². The van der Waals surface area contributed by atoms with Crippen molar-refractivity contribution in [1.82, 2.24) is 14.3 Å². The highest BCUT2D eigenvalue weighted by Crippen LogP contribution is 2.31. The number of pyridine rings is 1. The van der Waals surface area contributed by atoms with Gasteiger partial charge in [0.2, 0.25) is 5.91 Å². The number of likely N-dealkylation sites (N-methyl/N-ethyl adjacent to an activating group) is 1. The number of hydrogen-bond acceptors (Lipinski definition) is 3. The molecule has 1 amide bonds. The number of carbonyl (C=O) groups is 1. The number of ether oxygens (including phenoxy) is 1. The number of unbranched alkanes of at least 4 members (excludes halogenated alkanes) is 1. The zero-order chi connectivity index (χ0) is 20.3. The van der Waals surface area contributed by atoms with Gasteiger partial charge in [-0.2, -0.15) is 0 Å². The van der Waals surface area contributed by atoms with Crippen LogP contribution >= 0.6 is 23.2 Å². The molecule has 28 heavy (non-hydrogen) atoms. The van der Waals surface area contributed by atoms with E-state index in [1.165, 1.54) is 0 Å². The molecule has 0 unspecified atom stereocenters. The van der Waals surface area contributed by atoms with Crippen LogP contribution in [0.2, 0.25) is 10.0 Å². The monoisotopic (exact) mass is 418 g/mol. The van der Waals surface area contributed by atoms with E-state index in [1.54, 1.807) is 24.3 Å². The predicted octanol–water partition coefficient (Wildman–Crippen LogP) is 5.12. The van der Waals surface area contributed by atoms with Crippen molar-refractivity contribution in [3.63, 3.8) is 0 Å². The predicted molar refractivity (Wildman–Crippen MR) is 113 cm³/mol. The molecule has 0 aliphatic heterocycles. The highest BCUT2D eigenvalue weighted by atomic mass is 35.5. The van der Waals surface area contributed by atoms with Crippen molar-refractivity contribution in [2.24, 2.45) is 0 Å². The Morgan fingerprint density at radius 3 is 2.61 bits per heavy atom. The fraction of sp³-hybridized carbons (Fsp3) is 0.333. The molecule has 3 rings (SSSR count). The summed E-state index contributed by atoms with van der Waals surface area (Å²) in [6, 6.07) is 9.23. The van der Waals surface area contributed by atoms with Crippen molar-refractivity contribution in [2.75, 3.05) is 20.7 Å². The minimum atomic E-state index is 0.0288. The van der Waals surface area contributed by atoms with E-state index in [2.05, 4.69) is 6.92 Å². The smallest absolute Gasteiger partial charge is 0.228 e. The van der Waals surface area contributed by atoms with Crippen molar-refractivity contribution in [2.45, 2.75) is 26.2 Å². The lowest BCUT2D eigenvalue weighted by Crippen LogP contribution is -2.29. The minimum absolute atomic E-state index is 0.0288. The molecule has 0 aliphatic carbocycles. The first kappa shape index (κ1) is 20.5. The van der Waals surface area contributed by atoms with Crippen LogP contribution in [0, 0.1) is 0 Å². The number of nitrogens with zero attached hydrogens (tertiary/aromatic N) is 3. The Labute approximate surface area is 174 Å². The summed E-state index contributed by atoms with van der Waals surface area (Å²) >= 11 is 12.6. The average Bonchev–Trinajstić information content (AvgIpc) is 3.04. The third-order valence-corrected chi connectivity index (χ3v) is 5.18. The van der Waals surface area contributed by atoms with Crippen LogP contribution in [0.1, 0.15) is 25.5 Å². The van der Waals surface area contributed by atoms with E-state index in [0.29, 0.717) is 21.4 Å². The summed E-state index contributed by atoms with van der Waals surface area (Å²) in [6.45, 7) is 2.83. The van der Waals surface area contributed by atoms with Crippen molar-refractivity contribution in [3.8, 4) is 17.0 Å². The fourth-order valence-corrected chi connectivity index (χ4v) is 3.58. The van der Waals surface area contributed by atoms with E-state index < -0.39 is 0 Å². The summed E-state index contributed by atoms with van der Waals surface area (Å²) in [4.78, 5) is 19.3. The topological polar surface area (TPSA) is 46.8 Å². The number of imidazole rings is 1. The number of fused-ring (bicyclic) bond motifs is 1. The standard InChI is InChI=1S/C21H23Cl2N3O2/c1-4-5-10-25(2)19(27)12-18-20(14-6-8-16(28-3)9-7-14)24-21-17(23)11-15(22)13-26(18)21/h6-9,11,13H,4-5,10,12H2,1-3H3/i3-1. The molecule has 0 radical (unpaired) electrons. The van der Waals surface area contributed by atoms with E-state index in [0.717, 1.165) is 36.4 Å². The van der Waals surface area contributed by atoms with E-state index in [4.69, 9.17) is 32.9 Å². The van der Waals surface area contributed by atoms with Crippen LogP contribution < -0.4 is 4.74 Å². The molecular formula is C21H23Cl2N3O2. The molecule has 0 bridgehead atoms. The summed E-state index contributed by atoms with van der Waals surface area (Å²) in [5.41, 5.74) is 2.94. The van der Waals surface area contributed by atoms with Crippen LogP contribution in [0.5, 0.6) is 5.75 Å². The zero-order valence-electron chi connectivity index (χ0n) is 16.2. The molecule has 3 aromatic rings. The summed E-state index contributed by atoms with van der Waals surface area (Å²) in [5.74, 6) is 0.784. The Morgan fingerprint density at radius 2 is 1.96 bits per heavy atom. The second kappa shape index (κ2) is 8.84. The molecule has 0 spiro atoms. The molecule has 2 aromatic heterocycles. The maximum atomic E-state index is 12.8. The molecule has 0 aliphatic rings. The van der Waals surface area contributed by atoms with Gasteiger partial charge in [0.15, 0.2) is 5.65 Å². The summed E-state index contributed by atoms with van der Waals surface area (Å²) in [5, 5.41) is 0.935. The van der Waals surface area contributed by atoms with Gasteiger partial charge < -0.3 is 14.0 Å². The van der Waals surface area contributed by atoms with E-state index in [1.807, 2.05) is 35.7 Å². The number of amides is 1. The molecular weight excluding hydrogens is 396 g/mol. The number of carbonyl (C=O) groups excluding carboxylic acids is 1. The van der Waals surface area contributed by atoms with Gasteiger partial charge in [-0.3, -0.25) is 4.79 Å². The van der Waals surface area contributed by atoms with Crippen LogP contribution in [0.4, 0.5) is 0 Å².